The van der Waals surface area contributed by atoms with Crippen LogP contribution in [-0.2, 0) is 14.8 Å². The van der Waals surface area contributed by atoms with Gasteiger partial charge < -0.3 is 9.64 Å². The Morgan fingerprint density at radius 3 is 2.44 bits per heavy atom. The third-order valence-electron chi connectivity index (χ3n) is 5.84. The minimum atomic E-state index is -3.82. The van der Waals surface area contributed by atoms with E-state index in [1.807, 2.05) is 18.2 Å². The summed E-state index contributed by atoms with van der Waals surface area (Å²) in [4.78, 5) is 19.0. The highest BCUT2D eigenvalue weighted by Crippen LogP contribution is 2.31. The SMILES string of the molecule is O=C(/C=C/c1cn(S(=O)(=O)c2ccccc2)c2ccc(N3CCOCC3)cc12)c1ccncc1. The van der Waals surface area contributed by atoms with Gasteiger partial charge in [0.05, 0.1) is 23.6 Å². The smallest absolute Gasteiger partial charge is 0.268 e. The van der Waals surface area contributed by atoms with Crippen LogP contribution in [0.4, 0.5) is 5.69 Å². The molecule has 0 N–H and O–H groups in total. The quantitative estimate of drug-likeness (QED) is 0.311. The molecule has 2 aromatic heterocycles. The zero-order valence-corrected chi connectivity index (χ0v) is 19.2. The van der Waals surface area contributed by atoms with Crippen LogP contribution in [0.15, 0.2) is 90.2 Å². The van der Waals surface area contributed by atoms with E-state index < -0.39 is 10.0 Å². The van der Waals surface area contributed by atoms with Gasteiger partial charge in [-0.05, 0) is 54.6 Å². The summed E-state index contributed by atoms with van der Waals surface area (Å²) in [7, 11) is -3.82. The summed E-state index contributed by atoms with van der Waals surface area (Å²) in [5.74, 6) is -0.182. The maximum atomic E-state index is 13.4. The van der Waals surface area contributed by atoms with Crippen LogP contribution in [0.5, 0.6) is 0 Å². The molecule has 0 atom stereocenters. The number of aromatic nitrogens is 2. The molecule has 1 aliphatic rings. The molecule has 0 amide bonds. The number of morpholine rings is 1. The monoisotopic (exact) mass is 473 g/mol. The zero-order chi connectivity index (χ0) is 23.5. The van der Waals surface area contributed by atoms with E-state index in [1.54, 1.807) is 67.1 Å². The van der Waals surface area contributed by atoms with Crippen LogP contribution in [-0.4, -0.2) is 49.5 Å². The topological polar surface area (TPSA) is 81.5 Å². The zero-order valence-electron chi connectivity index (χ0n) is 18.4. The van der Waals surface area contributed by atoms with Crippen molar-refractivity contribution >= 4 is 38.5 Å². The van der Waals surface area contributed by atoms with Gasteiger partial charge in [-0.2, -0.15) is 0 Å². The van der Waals surface area contributed by atoms with Crippen LogP contribution in [0.1, 0.15) is 15.9 Å². The highest BCUT2D eigenvalue weighted by atomic mass is 32.2. The number of hydrogen-bond acceptors (Lipinski definition) is 6. The van der Waals surface area contributed by atoms with Crippen molar-refractivity contribution in [3.05, 3.63) is 96.5 Å². The molecule has 2 aromatic carbocycles. The van der Waals surface area contributed by atoms with Crippen LogP contribution in [0.25, 0.3) is 17.0 Å². The third kappa shape index (κ3) is 4.25. The van der Waals surface area contributed by atoms with Crippen LogP contribution in [0.3, 0.4) is 0 Å². The Labute approximate surface area is 198 Å². The van der Waals surface area contributed by atoms with Gasteiger partial charge >= 0.3 is 0 Å². The van der Waals surface area contributed by atoms with E-state index >= 15 is 0 Å². The maximum Gasteiger partial charge on any atom is 0.268 e. The van der Waals surface area contributed by atoms with E-state index in [1.165, 1.54) is 10.0 Å². The summed E-state index contributed by atoms with van der Waals surface area (Å²) < 4.78 is 33.6. The molecule has 172 valence electrons. The van der Waals surface area contributed by atoms with Crippen LogP contribution >= 0.6 is 0 Å². The van der Waals surface area contributed by atoms with E-state index in [0.29, 0.717) is 29.9 Å². The van der Waals surface area contributed by atoms with Crippen molar-refractivity contribution in [3.63, 3.8) is 0 Å². The average Bonchev–Trinajstić information content (AvgIpc) is 3.27. The Bertz CT molecular complexity index is 1460. The second-order valence-electron chi connectivity index (χ2n) is 7.93. The summed E-state index contributed by atoms with van der Waals surface area (Å²) in [6, 6.07) is 17.3. The van der Waals surface area contributed by atoms with Crippen LogP contribution in [0, 0.1) is 0 Å². The van der Waals surface area contributed by atoms with Crippen LogP contribution in [0.2, 0.25) is 0 Å². The minimum absolute atomic E-state index is 0.182. The minimum Gasteiger partial charge on any atom is -0.378 e. The van der Waals surface area contributed by atoms with E-state index in [2.05, 4.69) is 9.88 Å². The predicted molar refractivity (Wildman–Crippen MR) is 132 cm³/mol. The first kappa shape index (κ1) is 22.1. The number of anilines is 1. The molecule has 0 bridgehead atoms. The number of carbonyl (C=O) groups excluding carboxylic acids is 1. The Balaban J connectivity index is 1.62. The van der Waals surface area contributed by atoms with Crippen molar-refractivity contribution in [2.45, 2.75) is 4.90 Å². The van der Waals surface area contributed by atoms with Gasteiger partial charge in [0, 0.05) is 53.9 Å². The molecule has 3 heterocycles. The van der Waals surface area contributed by atoms with Gasteiger partial charge in [0.1, 0.15) is 0 Å². The summed E-state index contributed by atoms with van der Waals surface area (Å²) >= 11 is 0. The molecule has 0 aliphatic carbocycles. The van der Waals surface area contributed by atoms with Crippen molar-refractivity contribution in [2.24, 2.45) is 0 Å². The number of benzene rings is 2. The number of carbonyl (C=O) groups is 1. The molecular formula is C26H23N3O4S. The van der Waals surface area contributed by atoms with Crippen molar-refractivity contribution in [3.8, 4) is 0 Å². The maximum absolute atomic E-state index is 13.4. The molecule has 5 rings (SSSR count). The first-order valence-corrected chi connectivity index (χ1v) is 12.4. The molecular weight excluding hydrogens is 450 g/mol. The Morgan fingerprint density at radius 2 is 1.71 bits per heavy atom. The fraction of sp³-hybridized carbons (Fsp3) is 0.154. The Kier molecular flexibility index (Phi) is 6.00. The number of ether oxygens (including phenoxy) is 1. The second kappa shape index (κ2) is 9.24. The summed E-state index contributed by atoms with van der Waals surface area (Å²) in [6.45, 7) is 2.82. The van der Waals surface area contributed by atoms with Gasteiger partial charge in [-0.25, -0.2) is 12.4 Å². The molecule has 1 saturated heterocycles. The lowest BCUT2D eigenvalue weighted by Crippen LogP contribution is -2.36. The molecule has 4 aromatic rings. The molecule has 34 heavy (non-hydrogen) atoms. The number of ketones is 1. The van der Waals surface area contributed by atoms with Gasteiger partial charge in [-0.15, -0.1) is 0 Å². The standard InChI is InChI=1S/C26H23N3O4S/c30-26(20-10-12-27-13-11-20)9-6-21-19-29(34(31,32)23-4-2-1-3-5-23)25-8-7-22(18-24(21)25)28-14-16-33-17-15-28/h1-13,18-19H,14-17H2/b9-6+. The number of pyridine rings is 1. The molecule has 8 heteroatoms. The van der Waals surface area contributed by atoms with Crippen molar-refractivity contribution < 1.29 is 17.9 Å². The van der Waals surface area contributed by atoms with Gasteiger partial charge in [0.15, 0.2) is 5.78 Å². The fourth-order valence-corrected chi connectivity index (χ4v) is 5.45. The Morgan fingerprint density at radius 1 is 0.971 bits per heavy atom. The summed E-state index contributed by atoms with van der Waals surface area (Å²) in [5.41, 5.74) is 2.70. The first-order chi connectivity index (χ1) is 16.5. The average molecular weight is 474 g/mol. The van der Waals surface area contributed by atoms with E-state index in [-0.39, 0.29) is 10.7 Å². The van der Waals surface area contributed by atoms with Gasteiger partial charge in [-0.3, -0.25) is 9.78 Å². The molecule has 1 fully saturated rings. The highest BCUT2D eigenvalue weighted by Gasteiger charge is 2.22. The normalized spacial score (nSPS) is 14.6. The summed E-state index contributed by atoms with van der Waals surface area (Å²) in [5, 5.41) is 0.752. The van der Waals surface area contributed by atoms with Crippen molar-refractivity contribution in [1.82, 2.24) is 8.96 Å². The molecule has 1 aliphatic heterocycles. The third-order valence-corrected chi connectivity index (χ3v) is 7.53. The highest BCUT2D eigenvalue weighted by molar-refractivity contribution is 7.90. The van der Waals surface area contributed by atoms with Gasteiger partial charge in [0.2, 0.25) is 0 Å². The molecule has 0 radical (unpaired) electrons. The number of hydrogen-bond donors (Lipinski definition) is 0. The lowest BCUT2D eigenvalue weighted by molar-refractivity contribution is 0.104. The van der Waals surface area contributed by atoms with Crippen molar-refractivity contribution in [1.29, 1.82) is 0 Å². The van der Waals surface area contributed by atoms with Crippen LogP contribution < -0.4 is 4.90 Å². The first-order valence-electron chi connectivity index (χ1n) is 10.9. The fourth-order valence-electron chi connectivity index (χ4n) is 4.05. The summed E-state index contributed by atoms with van der Waals surface area (Å²) in [6.07, 6.45) is 7.84. The predicted octanol–water partition coefficient (Wildman–Crippen LogP) is 4.01. The number of allylic oxidation sites excluding steroid dienone is 1. The number of fused-ring (bicyclic) bond motifs is 1. The molecule has 0 saturated carbocycles. The van der Waals surface area contributed by atoms with Gasteiger partial charge in [0.25, 0.3) is 10.0 Å². The molecule has 0 unspecified atom stereocenters. The molecule has 0 spiro atoms. The molecule has 7 nitrogen and oxygen atoms in total. The van der Waals surface area contributed by atoms with Crippen molar-refractivity contribution in [2.75, 3.05) is 31.2 Å². The van der Waals surface area contributed by atoms with Gasteiger partial charge in [-0.1, -0.05) is 18.2 Å². The number of rotatable bonds is 6. The lowest BCUT2D eigenvalue weighted by Gasteiger charge is -2.29. The van der Waals surface area contributed by atoms with E-state index in [9.17, 15) is 13.2 Å². The Hall–Kier alpha value is -3.75. The largest absolute Gasteiger partial charge is 0.378 e. The van der Waals surface area contributed by atoms with E-state index in [0.717, 1.165) is 24.2 Å². The van der Waals surface area contributed by atoms with E-state index in [4.69, 9.17) is 4.74 Å². The number of nitrogens with zero attached hydrogens (tertiary/aromatic N) is 3. The lowest BCUT2D eigenvalue weighted by atomic mass is 10.1. The second-order valence-corrected chi connectivity index (χ2v) is 9.75.